The van der Waals surface area contributed by atoms with E-state index in [1.54, 1.807) is 0 Å². The summed E-state index contributed by atoms with van der Waals surface area (Å²) in [4.78, 5) is 11.0. The molecule has 0 aliphatic carbocycles. The lowest BCUT2D eigenvalue weighted by molar-refractivity contribution is 0.418. The number of hydrogen-bond acceptors (Lipinski definition) is 3. The molecule has 0 bridgehead atoms. The van der Waals surface area contributed by atoms with E-state index in [1.807, 2.05) is 6.08 Å². The topological polar surface area (TPSA) is 50.4 Å². The van der Waals surface area contributed by atoms with Crippen molar-refractivity contribution < 1.29 is 9.52 Å². The van der Waals surface area contributed by atoms with Crippen molar-refractivity contribution in [1.82, 2.24) is 0 Å². The Balaban J connectivity index is 2.17. The SMILES string of the molecule is C=CCCCCCCCc1cc(O)cc(=O)o1. The third-order valence-corrected chi connectivity index (χ3v) is 2.64. The summed E-state index contributed by atoms with van der Waals surface area (Å²) in [6, 6.07) is 2.60. The standard InChI is InChI=1S/C14H20O3/c1-2-3-4-5-6-7-8-9-13-10-12(15)11-14(16)17-13/h2,10-11,15H,1,3-9H2. The third-order valence-electron chi connectivity index (χ3n) is 2.64. The molecule has 1 aromatic heterocycles. The Labute approximate surface area is 102 Å². The molecule has 17 heavy (non-hydrogen) atoms. The lowest BCUT2D eigenvalue weighted by Gasteiger charge is -2.01. The molecule has 0 radical (unpaired) electrons. The highest BCUT2D eigenvalue weighted by Gasteiger charge is 2.00. The quantitative estimate of drug-likeness (QED) is 0.556. The number of aryl methyl sites for hydroxylation is 1. The molecule has 0 aromatic carbocycles. The summed E-state index contributed by atoms with van der Waals surface area (Å²) in [5, 5.41) is 9.22. The Morgan fingerprint density at radius 2 is 1.88 bits per heavy atom. The van der Waals surface area contributed by atoms with Crippen LogP contribution in [0.3, 0.4) is 0 Å². The Morgan fingerprint density at radius 3 is 2.59 bits per heavy atom. The Kier molecular flexibility index (Phi) is 6.15. The van der Waals surface area contributed by atoms with Crippen LogP contribution >= 0.6 is 0 Å². The van der Waals surface area contributed by atoms with Crippen LogP contribution < -0.4 is 5.63 Å². The van der Waals surface area contributed by atoms with Gasteiger partial charge in [-0.15, -0.1) is 6.58 Å². The van der Waals surface area contributed by atoms with Gasteiger partial charge in [-0.25, -0.2) is 4.79 Å². The number of aromatic hydroxyl groups is 1. The zero-order chi connectivity index (χ0) is 12.5. The van der Waals surface area contributed by atoms with E-state index in [1.165, 1.54) is 25.3 Å². The van der Waals surface area contributed by atoms with Crippen LogP contribution in [0.2, 0.25) is 0 Å². The number of allylic oxidation sites excluding steroid dienone is 1. The highest BCUT2D eigenvalue weighted by molar-refractivity contribution is 5.18. The van der Waals surface area contributed by atoms with E-state index in [2.05, 4.69) is 6.58 Å². The zero-order valence-corrected chi connectivity index (χ0v) is 10.2. The largest absolute Gasteiger partial charge is 0.508 e. The summed E-state index contributed by atoms with van der Waals surface area (Å²) in [5.74, 6) is 0.559. The second-order valence-electron chi connectivity index (χ2n) is 4.20. The van der Waals surface area contributed by atoms with Gasteiger partial charge in [0.05, 0.1) is 6.07 Å². The van der Waals surface area contributed by atoms with Gasteiger partial charge in [0.1, 0.15) is 11.5 Å². The molecule has 0 saturated carbocycles. The summed E-state index contributed by atoms with van der Waals surface area (Å²) in [6.45, 7) is 3.69. The fraction of sp³-hybridized carbons (Fsp3) is 0.500. The molecular formula is C14H20O3. The van der Waals surface area contributed by atoms with Crippen LogP contribution in [0.25, 0.3) is 0 Å². The average Bonchev–Trinajstić information content (AvgIpc) is 2.26. The highest BCUT2D eigenvalue weighted by atomic mass is 16.4. The van der Waals surface area contributed by atoms with Crippen LogP contribution in [-0.4, -0.2) is 5.11 Å². The fourth-order valence-corrected chi connectivity index (χ4v) is 1.76. The summed E-state index contributed by atoms with van der Waals surface area (Å²) in [6.07, 6.45) is 9.46. The lowest BCUT2D eigenvalue weighted by atomic mass is 10.1. The molecule has 1 rings (SSSR count). The molecule has 3 nitrogen and oxygen atoms in total. The van der Waals surface area contributed by atoms with E-state index < -0.39 is 5.63 Å². The second kappa shape index (κ2) is 7.71. The molecule has 0 spiro atoms. The van der Waals surface area contributed by atoms with E-state index in [-0.39, 0.29) is 5.75 Å². The summed E-state index contributed by atoms with van der Waals surface area (Å²) in [7, 11) is 0. The van der Waals surface area contributed by atoms with Crippen molar-refractivity contribution in [2.75, 3.05) is 0 Å². The fourth-order valence-electron chi connectivity index (χ4n) is 1.76. The summed E-state index contributed by atoms with van der Waals surface area (Å²) < 4.78 is 4.97. The van der Waals surface area contributed by atoms with Crippen molar-refractivity contribution in [2.45, 2.75) is 44.9 Å². The Morgan fingerprint density at radius 1 is 1.18 bits per heavy atom. The van der Waals surface area contributed by atoms with Gasteiger partial charge in [0.25, 0.3) is 0 Å². The maximum atomic E-state index is 11.0. The van der Waals surface area contributed by atoms with E-state index in [4.69, 9.17) is 4.42 Å². The van der Waals surface area contributed by atoms with Crippen molar-refractivity contribution in [1.29, 1.82) is 0 Å². The summed E-state index contributed by atoms with van der Waals surface area (Å²) >= 11 is 0. The maximum Gasteiger partial charge on any atom is 0.339 e. The molecular weight excluding hydrogens is 216 g/mol. The molecule has 94 valence electrons. The van der Waals surface area contributed by atoms with Crippen LogP contribution in [0.1, 0.15) is 44.3 Å². The molecule has 0 amide bonds. The van der Waals surface area contributed by atoms with Crippen LogP contribution in [0.15, 0.2) is 34.0 Å². The maximum absolute atomic E-state index is 11.0. The first-order chi connectivity index (χ1) is 8.22. The smallest absolute Gasteiger partial charge is 0.339 e. The van der Waals surface area contributed by atoms with E-state index in [9.17, 15) is 9.90 Å². The Bertz CT molecular complexity index is 393. The second-order valence-corrected chi connectivity index (χ2v) is 4.20. The van der Waals surface area contributed by atoms with Crippen molar-refractivity contribution >= 4 is 0 Å². The van der Waals surface area contributed by atoms with Gasteiger partial charge in [0.2, 0.25) is 0 Å². The molecule has 0 atom stereocenters. The van der Waals surface area contributed by atoms with Crippen LogP contribution in [-0.2, 0) is 6.42 Å². The van der Waals surface area contributed by atoms with Gasteiger partial charge in [-0.05, 0) is 19.3 Å². The molecule has 1 N–H and O–H groups in total. The molecule has 0 unspecified atom stereocenters. The van der Waals surface area contributed by atoms with E-state index in [0.717, 1.165) is 25.3 Å². The van der Waals surface area contributed by atoms with Gasteiger partial charge >= 0.3 is 5.63 Å². The first kappa shape index (κ1) is 13.6. The predicted octanol–water partition coefficient (Wildman–Crippen LogP) is 3.41. The number of unbranched alkanes of at least 4 members (excludes halogenated alkanes) is 5. The van der Waals surface area contributed by atoms with Crippen LogP contribution in [0, 0.1) is 0 Å². The highest BCUT2D eigenvalue weighted by Crippen LogP contribution is 2.12. The minimum Gasteiger partial charge on any atom is -0.508 e. The van der Waals surface area contributed by atoms with Gasteiger partial charge in [-0.3, -0.25) is 0 Å². The van der Waals surface area contributed by atoms with Crippen LogP contribution in [0.4, 0.5) is 0 Å². The van der Waals surface area contributed by atoms with Crippen LogP contribution in [0.5, 0.6) is 5.75 Å². The summed E-state index contributed by atoms with van der Waals surface area (Å²) in [5.41, 5.74) is -0.481. The minimum atomic E-state index is -0.481. The monoisotopic (exact) mass is 236 g/mol. The number of rotatable bonds is 8. The molecule has 0 aliphatic rings. The van der Waals surface area contributed by atoms with Gasteiger partial charge in [-0.2, -0.15) is 0 Å². The molecule has 0 fully saturated rings. The van der Waals surface area contributed by atoms with Gasteiger partial charge in [-0.1, -0.05) is 25.3 Å². The van der Waals surface area contributed by atoms with Crippen molar-refractivity contribution in [2.24, 2.45) is 0 Å². The number of hydrogen-bond donors (Lipinski definition) is 1. The van der Waals surface area contributed by atoms with Gasteiger partial charge < -0.3 is 9.52 Å². The third kappa shape index (κ3) is 5.95. The lowest BCUT2D eigenvalue weighted by Crippen LogP contribution is -1.98. The zero-order valence-electron chi connectivity index (χ0n) is 10.2. The van der Waals surface area contributed by atoms with Crippen molar-refractivity contribution in [3.8, 4) is 5.75 Å². The first-order valence-corrected chi connectivity index (χ1v) is 6.16. The normalized spacial score (nSPS) is 10.4. The molecule has 0 aliphatic heterocycles. The molecule has 1 heterocycles. The molecule has 1 aromatic rings. The average molecular weight is 236 g/mol. The minimum absolute atomic E-state index is 0.0118. The van der Waals surface area contributed by atoms with Crippen molar-refractivity contribution in [3.63, 3.8) is 0 Å². The molecule has 0 saturated heterocycles. The van der Waals surface area contributed by atoms with E-state index in [0.29, 0.717) is 12.2 Å². The predicted molar refractivity (Wildman–Crippen MR) is 68.2 cm³/mol. The Hall–Kier alpha value is -1.51. The molecule has 3 heteroatoms. The van der Waals surface area contributed by atoms with E-state index >= 15 is 0 Å². The van der Waals surface area contributed by atoms with Gasteiger partial charge in [0, 0.05) is 12.5 Å². The first-order valence-electron chi connectivity index (χ1n) is 6.16. The van der Waals surface area contributed by atoms with Gasteiger partial charge in [0.15, 0.2) is 0 Å². The van der Waals surface area contributed by atoms with Crippen molar-refractivity contribution in [3.05, 3.63) is 41.0 Å².